The molecular weight excluding hydrogens is 236 g/mol. The second-order valence-corrected chi connectivity index (χ2v) is 4.52. The van der Waals surface area contributed by atoms with Crippen LogP contribution in [0, 0.1) is 4.77 Å². The molecule has 2 rings (SSSR count). The van der Waals surface area contributed by atoms with Crippen molar-refractivity contribution in [1.29, 1.82) is 0 Å². The summed E-state index contributed by atoms with van der Waals surface area (Å²) in [5.41, 5.74) is 1.73. The maximum Gasteiger partial charge on any atom is 0.240 e. The molecule has 0 unspecified atom stereocenters. The number of hydrogen-bond donors (Lipinski definition) is 2. The largest absolute Gasteiger partial charge is 0.352 e. The van der Waals surface area contributed by atoms with Crippen LogP contribution in [0.3, 0.4) is 0 Å². The highest BCUT2D eigenvalue weighted by molar-refractivity contribution is 7.71. The third kappa shape index (κ3) is 2.52. The standard InChI is InChI=1S/C11H14N4OS/c1-7(2)13-10(16)6-15-9-3-4-12-5-8(9)14-11(15)17/h3-5,7H,6H2,1-2H3,(H,13,16)(H,14,17). The first kappa shape index (κ1) is 11.8. The molecule has 1 amide bonds. The molecule has 0 bridgehead atoms. The first-order valence-electron chi connectivity index (χ1n) is 5.40. The van der Waals surface area contributed by atoms with E-state index in [9.17, 15) is 4.79 Å². The zero-order chi connectivity index (χ0) is 12.4. The normalized spacial score (nSPS) is 11.0. The van der Waals surface area contributed by atoms with Crippen LogP contribution in [0.15, 0.2) is 18.5 Å². The van der Waals surface area contributed by atoms with Crippen LogP contribution < -0.4 is 5.32 Å². The Morgan fingerprint density at radius 1 is 1.65 bits per heavy atom. The number of amides is 1. The van der Waals surface area contributed by atoms with Crippen LogP contribution >= 0.6 is 12.2 Å². The fourth-order valence-electron chi connectivity index (χ4n) is 1.68. The van der Waals surface area contributed by atoms with E-state index in [1.165, 1.54) is 0 Å². The highest BCUT2D eigenvalue weighted by Crippen LogP contribution is 2.11. The summed E-state index contributed by atoms with van der Waals surface area (Å²) in [5.74, 6) is -0.0474. The summed E-state index contributed by atoms with van der Waals surface area (Å²) in [4.78, 5) is 18.7. The summed E-state index contributed by atoms with van der Waals surface area (Å²) in [5, 5.41) is 2.84. The van der Waals surface area contributed by atoms with E-state index in [1.54, 1.807) is 17.0 Å². The summed E-state index contributed by atoms with van der Waals surface area (Å²) in [7, 11) is 0. The van der Waals surface area contributed by atoms with Crippen molar-refractivity contribution in [2.75, 3.05) is 0 Å². The molecule has 17 heavy (non-hydrogen) atoms. The van der Waals surface area contributed by atoms with E-state index in [1.807, 2.05) is 19.9 Å². The van der Waals surface area contributed by atoms with Gasteiger partial charge in [0.2, 0.25) is 5.91 Å². The third-order valence-corrected chi connectivity index (χ3v) is 2.65. The number of pyridine rings is 1. The van der Waals surface area contributed by atoms with Crippen molar-refractivity contribution in [2.45, 2.75) is 26.4 Å². The summed E-state index contributed by atoms with van der Waals surface area (Å²) < 4.78 is 2.30. The molecule has 0 atom stereocenters. The minimum Gasteiger partial charge on any atom is -0.352 e. The smallest absolute Gasteiger partial charge is 0.240 e. The molecule has 5 nitrogen and oxygen atoms in total. The topological polar surface area (TPSA) is 62.7 Å². The Bertz CT molecular complexity index is 599. The van der Waals surface area contributed by atoms with Crippen LogP contribution in [0.25, 0.3) is 11.0 Å². The van der Waals surface area contributed by atoms with E-state index in [4.69, 9.17) is 12.2 Å². The lowest BCUT2D eigenvalue weighted by Gasteiger charge is -2.09. The van der Waals surface area contributed by atoms with Crippen molar-refractivity contribution in [3.05, 3.63) is 23.2 Å². The molecule has 2 aromatic rings. The van der Waals surface area contributed by atoms with E-state index in [2.05, 4.69) is 15.3 Å². The number of aromatic nitrogens is 3. The van der Waals surface area contributed by atoms with Gasteiger partial charge in [-0.2, -0.15) is 0 Å². The number of aromatic amines is 1. The highest BCUT2D eigenvalue weighted by atomic mass is 32.1. The van der Waals surface area contributed by atoms with Gasteiger partial charge in [0.05, 0.1) is 17.2 Å². The molecule has 0 aromatic carbocycles. The van der Waals surface area contributed by atoms with E-state index in [0.29, 0.717) is 4.77 Å². The Kier molecular flexibility index (Phi) is 3.23. The zero-order valence-electron chi connectivity index (χ0n) is 9.73. The number of hydrogen-bond acceptors (Lipinski definition) is 3. The van der Waals surface area contributed by atoms with Crippen LogP contribution in [-0.2, 0) is 11.3 Å². The molecule has 0 aliphatic rings. The molecule has 2 N–H and O–H groups in total. The number of carbonyl (C=O) groups excluding carboxylic acids is 1. The molecule has 90 valence electrons. The quantitative estimate of drug-likeness (QED) is 0.814. The van der Waals surface area contributed by atoms with Gasteiger partial charge in [0.1, 0.15) is 6.54 Å². The Labute approximate surface area is 104 Å². The van der Waals surface area contributed by atoms with Crippen LogP contribution in [0.2, 0.25) is 0 Å². The van der Waals surface area contributed by atoms with Crippen LogP contribution in [0.1, 0.15) is 13.8 Å². The van der Waals surface area contributed by atoms with Crippen molar-refractivity contribution in [1.82, 2.24) is 19.9 Å². The Morgan fingerprint density at radius 2 is 2.41 bits per heavy atom. The van der Waals surface area contributed by atoms with Gasteiger partial charge < -0.3 is 14.9 Å². The number of rotatable bonds is 3. The fraction of sp³-hybridized carbons (Fsp3) is 0.364. The monoisotopic (exact) mass is 250 g/mol. The zero-order valence-corrected chi connectivity index (χ0v) is 10.5. The molecule has 0 aliphatic heterocycles. The number of imidazole rings is 1. The molecule has 0 radical (unpaired) electrons. The van der Waals surface area contributed by atoms with Gasteiger partial charge in [-0.3, -0.25) is 9.78 Å². The molecule has 2 aromatic heterocycles. The molecule has 0 spiro atoms. The van der Waals surface area contributed by atoms with Crippen molar-refractivity contribution < 1.29 is 4.79 Å². The van der Waals surface area contributed by atoms with Gasteiger partial charge >= 0.3 is 0 Å². The first-order chi connectivity index (χ1) is 8.08. The van der Waals surface area contributed by atoms with Gasteiger partial charge in [-0.25, -0.2) is 0 Å². The van der Waals surface area contributed by atoms with Gasteiger partial charge in [0.25, 0.3) is 0 Å². The average Bonchev–Trinajstić information content (AvgIpc) is 2.55. The Hall–Kier alpha value is -1.69. The van der Waals surface area contributed by atoms with Crippen LogP contribution in [0.4, 0.5) is 0 Å². The number of fused-ring (bicyclic) bond motifs is 1. The Balaban J connectivity index is 2.32. The highest BCUT2D eigenvalue weighted by Gasteiger charge is 2.09. The van der Waals surface area contributed by atoms with E-state index >= 15 is 0 Å². The SMILES string of the molecule is CC(C)NC(=O)Cn1c(=S)[nH]c2cnccc21. The number of carbonyl (C=O) groups is 1. The number of H-pyrrole nitrogens is 1. The molecular formula is C11H14N4OS. The third-order valence-electron chi connectivity index (χ3n) is 2.33. The summed E-state index contributed by atoms with van der Waals surface area (Å²) in [6.45, 7) is 4.08. The number of nitrogens with one attached hydrogen (secondary N) is 2. The fourth-order valence-corrected chi connectivity index (χ4v) is 1.95. The predicted octanol–water partition coefficient (Wildman–Crippen LogP) is 1.62. The van der Waals surface area contributed by atoms with Crippen molar-refractivity contribution in [3.8, 4) is 0 Å². The Morgan fingerprint density at radius 3 is 3.12 bits per heavy atom. The summed E-state index contributed by atoms with van der Waals surface area (Å²) >= 11 is 5.18. The van der Waals surface area contributed by atoms with E-state index in [0.717, 1.165) is 11.0 Å². The van der Waals surface area contributed by atoms with Gasteiger partial charge in [-0.15, -0.1) is 0 Å². The van der Waals surface area contributed by atoms with Crippen molar-refractivity contribution in [2.24, 2.45) is 0 Å². The van der Waals surface area contributed by atoms with Crippen LogP contribution in [0.5, 0.6) is 0 Å². The van der Waals surface area contributed by atoms with Gasteiger partial charge in [0, 0.05) is 12.2 Å². The van der Waals surface area contributed by atoms with E-state index < -0.39 is 0 Å². The lowest BCUT2D eigenvalue weighted by atomic mass is 10.3. The van der Waals surface area contributed by atoms with Crippen molar-refractivity contribution in [3.63, 3.8) is 0 Å². The molecule has 0 fully saturated rings. The second kappa shape index (κ2) is 4.67. The van der Waals surface area contributed by atoms with Gasteiger partial charge in [-0.1, -0.05) is 0 Å². The minimum absolute atomic E-state index is 0.0474. The maximum atomic E-state index is 11.7. The number of nitrogens with zero attached hydrogens (tertiary/aromatic N) is 2. The summed E-state index contributed by atoms with van der Waals surface area (Å²) in [6, 6.07) is 1.97. The summed E-state index contributed by atoms with van der Waals surface area (Å²) in [6.07, 6.45) is 3.38. The van der Waals surface area contributed by atoms with Crippen molar-refractivity contribution >= 4 is 29.2 Å². The van der Waals surface area contributed by atoms with Gasteiger partial charge in [-0.05, 0) is 32.1 Å². The van der Waals surface area contributed by atoms with Crippen LogP contribution in [-0.4, -0.2) is 26.5 Å². The van der Waals surface area contributed by atoms with E-state index in [-0.39, 0.29) is 18.5 Å². The molecule has 6 heteroatoms. The predicted molar refractivity (Wildman–Crippen MR) is 68.2 cm³/mol. The second-order valence-electron chi connectivity index (χ2n) is 4.13. The lowest BCUT2D eigenvalue weighted by molar-refractivity contribution is -0.122. The maximum absolute atomic E-state index is 11.7. The molecule has 2 heterocycles. The average molecular weight is 250 g/mol. The molecule has 0 saturated heterocycles. The molecule has 0 aliphatic carbocycles. The first-order valence-corrected chi connectivity index (χ1v) is 5.80. The van der Waals surface area contributed by atoms with Gasteiger partial charge in [0.15, 0.2) is 4.77 Å². The lowest BCUT2D eigenvalue weighted by Crippen LogP contribution is -2.33. The molecule has 0 saturated carbocycles. The minimum atomic E-state index is -0.0474.